The number of carbonyl (C=O) groups is 1. The molecule has 2 aromatic carbocycles. The third-order valence-corrected chi connectivity index (χ3v) is 4.86. The molecule has 0 aromatic heterocycles. The van der Waals surface area contributed by atoms with Crippen LogP contribution in [0.4, 0.5) is 33.7 Å². The first-order valence-electron chi connectivity index (χ1n) is 8.48. The zero-order valence-corrected chi connectivity index (χ0v) is 16.3. The maximum Gasteiger partial charge on any atom is 0.418 e. The van der Waals surface area contributed by atoms with E-state index in [9.17, 15) is 22.4 Å². The lowest BCUT2D eigenvalue weighted by Gasteiger charge is -2.19. The van der Waals surface area contributed by atoms with Crippen molar-refractivity contribution in [3.05, 3.63) is 53.8 Å². The molecule has 0 aliphatic carbocycles. The zero-order valence-electron chi connectivity index (χ0n) is 15.4. The summed E-state index contributed by atoms with van der Waals surface area (Å²) >= 11 is 1.50. The van der Waals surface area contributed by atoms with Gasteiger partial charge in [-0.15, -0.1) is 11.8 Å². The summed E-state index contributed by atoms with van der Waals surface area (Å²) in [4.78, 5) is 14.4. The van der Waals surface area contributed by atoms with Gasteiger partial charge >= 0.3 is 12.2 Å². The van der Waals surface area contributed by atoms with Gasteiger partial charge in [0.05, 0.1) is 11.3 Å². The minimum Gasteiger partial charge on any atom is -0.378 e. The summed E-state index contributed by atoms with van der Waals surface area (Å²) in [5, 5.41) is 4.80. The van der Waals surface area contributed by atoms with E-state index in [1.807, 2.05) is 0 Å². The zero-order chi connectivity index (χ0) is 20.7. The number of anilines is 2. The predicted molar refractivity (Wildman–Crippen MR) is 105 cm³/mol. The van der Waals surface area contributed by atoms with E-state index in [0.717, 1.165) is 11.0 Å². The number of thioether (sulfide) groups is 1. The van der Waals surface area contributed by atoms with E-state index in [4.69, 9.17) is 0 Å². The first-order chi connectivity index (χ1) is 13.2. The van der Waals surface area contributed by atoms with Crippen LogP contribution in [0.15, 0.2) is 47.4 Å². The summed E-state index contributed by atoms with van der Waals surface area (Å²) in [5.41, 5.74) is -0.812. The summed E-state index contributed by atoms with van der Waals surface area (Å²) in [6.07, 6.45) is -3.97. The number of halogens is 4. The van der Waals surface area contributed by atoms with E-state index in [2.05, 4.69) is 10.6 Å². The van der Waals surface area contributed by atoms with E-state index >= 15 is 0 Å². The van der Waals surface area contributed by atoms with Crippen molar-refractivity contribution in [1.29, 1.82) is 0 Å². The summed E-state index contributed by atoms with van der Waals surface area (Å²) in [6, 6.07) is 9.10. The molecule has 9 heteroatoms. The molecule has 0 atom stereocenters. The smallest absolute Gasteiger partial charge is 0.378 e. The highest BCUT2D eigenvalue weighted by atomic mass is 32.2. The van der Waals surface area contributed by atoms with Gasteiger partial charge in [0.25, 0.3) is 0 Å². The lowest BCUT2D eigenvalue weighted by molar-refractivity contribution is -0.136. The minimum absolute atomic E-state index is 0.295. The Morgan fingerprint density at radius 2 is 1.79 bits per heavy atom. The van der Waals surface area contributed by atoms with Gasteiger partial charge in [-0.2, -0.15) is 13.2 Å². The van der Waals surface area contributed by atoms with Crippen LogP contribution in [0.5, 0.6) is 0 Å². The number of carbonyl (C=O) groups excluding carboxylic acids is 1. The molecule has 2 rings (SSSR count). The average Bonchev–Trinajstić information content (AvgIpc) is 2.62. The van der Waals surface area contributed by atoms with Gasteiger partial charge in [0.2, 0.25) is 0 Å². The Bertz CT molecular complexity index is 795. The molecular weight excluding hydrogens is 394 g/mol. The van der Waals surface area contributed by atoms with Crippen LogP contribution in [0, 0.1) is 5.82 Å². The molecule has 0 fully saturated rings. The van der Waals surface area contributed by atoms with Crippen LogP contribution in [0.2, 0.25) is 0 Å². The van der Waals surface area contributed by atoms with E-state index < -0.39 is 17.8 Å². The fourth-order valence-corrected chi connectivity index (χ4v) is 3.17. The number of rotatable bonds is 7. The number of nitrogens with one attached hydrogen (secondary N) is 2. The molecule has 0 saturated carbocycles. The fourth-order valence-electron chi connectivity index (χ4n) is 2.32. The highest BCUT2D eigenvalue weighted by molar-refractivity contribution is 7.99. The van der Waals surface area contributed by atoms with E-state index in [1.54, 1.807) is 31.1 Å². The molecule has 0 heterocycles. The van der Waals surface area contributed by atoms with Gasteiger partial charge in [0.15, 0.2) is 0 Å². The largest absolute Gasteiger partial charge is 0.418 e. The van der Waals surface area contributed by atoms with Gasteiger partial charge in [0, 0.05) is 31.2 Å². The van der Waals surface area contributed by atoms with Crippen LogP contribution >= 0.6 is 11.8 Å². The van der Waals surface area contributed by atoms with Crippen molar-refractivity contribution < 1.29 is 22.4 Å². The Morgan fingerprint density at radius 3 is 2.39 bits per heavy atom. The van der Waals surface area contributed by atoms with Crippen LogP contribution in [0.3, 0.4) is 0 Å². The molecule has 0 saturated heterocycles. The highest BCUT2D eigenvalue weighted by Gasteiger charge is 2.34. The van der Waals surface area contributed by atoms with Gasteiger partial charge in [-0.3, -0.25) is 0 Å². The SMILES string of the molecule is CN(C)c1ccc(NC(=O)NCCCSc2ccc(F)cc2)c(C(F)(F)F)c1. The molecule has 28 heavy (non-hydrogen) atoms. The molecule has 0 unspecified atom stereocenters. The van der Waals surface area contributed by atoms with Crippen molar-refractivity contribution in [2.75, 3.05) is 36.6 Å². The number of urea groups is 1. The Hall–Kier alpha value is -2.42. The van der Waals surface area contributed by atoms with E-state index in [1.165, 1.54) is 36.0 Å². The highest BCUT2D eigenvalue weighted by Crippen LogP contribution is 2.37. The van der Waals surface area contributed by atoms with Crippen molar-refractivity contribution in [3.8, 4) is 0 Å². The van der Waals surface area contributed by atoms with Crippen LogP contribution < -0.4 is 15.5 Å². The molecule has 2 aromatic rings. The third kappa shape index (κ3) is 6.63. The van der Waals surface area contributed by atoms with Crippen LogP contribution in [0.1, 0.15) is 12.0 Å². The lowest BCUT2D eigenvalue weighted by Crippen LogP contribution is -2.30. The summed E-state index contributed by atoms with van der Waals surface area (Å²) in [6.45, 7) is 0.303. The maximum absolute atomic E-state index is 13.3. The molecule has 0 bridgehead atoms. The van der Waals surface area contributed by atoms with Gasteiger partial charge in [0.1, 0.15) is 5.82 Å². The fraction of sp³-hybridized carbons (Fsp3) is 0.316. The second-order valence-electron chi connectivity index (χ2n) is 6.16. The Kier molecular flexibility index (Phi) is 7.56. The Labute approximate surface area is 165 Å². The number of amides is 2. The van der Waals surface area contributed by atoms with E-state index in [0.29, 0.717) is 24.4 Å². The number of alkyl halides is 3. The number of hydrogen-bond acceptors (Lipinski definition) is 3. The van der Waals surface area contributed by atoms with Crippen molar-refractivity contribution in [3.63, 3.8) is 0 Å². The number of hydrogen-bond donors (Lipinski definition) is 2. The number of benzene rings is 2. The summed E-state index contributed by atoms with van der Waals surface area (Å²) in [7, 11) is 3.28. The van der Waals surface area contributed by atoms with Crippen LogP contribution in [0.25, 0.3) is 0 Å². The standard InChI is InChI=1S/C19H21F4N3OS/c1-26(2)14-6-9-17(16(12-14)19(21,22)23)25-18(27)24-10-3-11-28-15-7-4-13(20)5-8-15/h4-9,12H,3,10-11H2,1-2H3,(H2,24,25,27). The average molecular weight is 415 g/mol. The first-order valence-corrected chi connectivity index (χ1v) is 9.47. The van der Waals surface area contributed by atoms with Crippen molar-refractivity contribution in [1.82, 2.24) is 5.32 Å². The Balaban J connectivity index is 1.84. The normalized spacial score (nSPS) is 11.2. The molecule has 0 aliphatic heterocycles. The second kappa shape index (κ2) is 9.68. The maximum atomic E-state index is 13.3. The summed E-state index contributed by atoms with van der Waals surface area (Å²) in [5.74, 6) is 0.372. The molecular formula is C19H21F4N3OS. The van der Waals surface area contributed by atoms with E-state index in [-0.39, 0.29) is 11.5 Å². The topological polar surface area (TPSA) is 44.4 Å². The molecule has 0 aliphatic rings. The second-order valence-corrected chi connectivity index (χ2v) is 7.33. The molecule has 4 nitrogen and oxygen atoms in total. The molecule has 2 amide bonds. The van der Waals surface area contributed by atoms with Gasteiger partial charge in [-0.05, 0) is 54.6 Å². The number of nitrogens with zero attached hydrogens (tertiary/aromatic N) is 1. The monoisotopic (exact) mass is 415 g/mol. The van der Waals surface area contributed by atoms with Crippen LogP contribution in [-0.4, -0.2) is 32.4 Å². The third-order valence-electron chi connectivity index (χ3n) is 3.76. The van der Waals surface area contributed by atoms with Crippen molar-refractivity contribution in [2.24, 2.45) is 0 Å². The molecule has 152 valence electrons. The van der Waals surface area contributed by atoms with Crippen molar-refractivity contribution in [2.45, 2.75) is 17.5 Å². The van der Waals surface area contributed by atoms with Gasteiger partial charge in [-0.1, -0.05) is 0 Å². The summed E-state index contributed by atoms with van der Waals surface area (Å²) < 4.78 is 52.6. The quantitative estimate of drug-likeness (QED) is 0.371. The van der Waals surface area contributed by atoms with Gasteiger partial charge < -0.3 is 15.5 Å². The van der Waals surface area contributed by atoms with Gasteiger partial charge in [-0.25, -0.2) is 9.18 Å². The minimum atomic E-state index is -4.58. The molecule has 0 radical (unpaired) electrons. The Morgan fingerprint density at radius 1 is 1.11 bits per heavy atom. The predicted octanol–water partition coefficient (Wildman–Crippen LogP) is 5.21. The first kappa shape index (κ1) is 21.9. The molecule has 0 spiro atoms. The van der Waals surface area contributed by atoms with Crippen molar-refractivity contribution >= 4 is 29.2 Å². The van der Waals surface area contributed by atoms with Crippen LogP contribution in [-0.2, 0) is 6.18 Å². The molecule has 2 N–H and O–H groups in total. The lowest BCUT2D eigenvalue weighted by atomic mass is 10.1.